The monoisotopic (exact) mass is 238 g/mol. The number of oxazole rings is 1. The third-order valence-electron chi connectivity index (χ3n) is 2.36. The fraction of sp³-hybridized carbons (Fsp3) is 0.273. The molecule has 0 aliphatic rings. The third-order valence-corrected chi connectivity index (χ3v) is 2.69. The summed E-state index contributed by atoms with van der Waals surface area (Å²) in [5.41, 5.74) is 0.663. The molecule has 2 aromatic heterocycles. The molecule has 0 atom stereocenters. The number of halogens is 1. The highest BCUT2D eigenvalue weighted by molar-refractivity contribution is 6.29. The molecule has 0 aliphatic heterocycles. The van der Waals surface area contributed by atoms with E-state index in [1.807, 2.05) is 13.8 Å². The SMILES string of the molecule is Cc1nc(Cn2c(Cl)cccc2=O)oc1C. The molecule has 0 unspecified atom stereocenters. The largest absolute Gasteiger partial charge is 0.444 e. The molecule has 84 valence electrons. The predicted octanol–water partition coefficient (Wildman–Crippen LogP) is 2.15. The lowest BCUT2D eigenvalue weighted by Crippen LogP contribution is -2.19. The summed E-state index contributed by atoms with van der Waals surface area (Å²) in [7, 11) is 0. The third kappa shape index (κ3) is 2.02. The van der Waals surface area contributed by atoms with Crippen molar-refractivity contribution in [3.63, 3.8) is 0 Å². The van der Waals surface area contributed by atoms with Gasteiger partial charge >= 0.3 is 0 Å². The van der Waals surface area contributed by atoms with Gasteiger partial charge in [0.1, 0.15) is 17.5 Å². The van der Waals surface area contributed by atoms with Crippen molar-refractivity contribution in [3.8, 4) is 0 Å². The lowest BCUT2D eigenvalue weighted by molar-refractivity contribution is 0.454. The van der Waals surface area contributed by atoms with Crippen LogP contribution in [0.2, 0.25) is 5.15 Å². The van der Waals surface area contributed by atoms with E-state index < -0.39 is 0 Å². The van der Waals surface area contributed by atoms with Crippen LogP contribution in [0.5, 0.6) is 0 Å². The zero-order chi connectivity index (χ0) is 11.7. The number of nitrogens with zero attached hydrogens (tertiary/aromatic N) is 2. The molecule has 0 bridgehead atoms. The van der Waals surface area contributed by atoms with E-state index in [1.54, 1.807) is 12.1 Å². The fourth-order valence-electron chi connectivity index (χ4n) is 1.39. The van der Waals surface area contributed by atoms with Gasteiger partial charge < -0.3 is 4.42 Å². The van der Waals surface area contributed by atoms with Gasteiger partial charge in [-0.25, -0.2) is 4.98 Å². The molecule has 0 saturated heterocycles. The van der Waals surface area contributed by atoms with Gasteiger partial charge in [0.25, 0.3) is 5.56 Å². The molecule has 0 saturated carbocycles. The minimum absolute atomic E-state index is 0.166. The van der Waals surface area contributed by atoms with Crippen molar-refractivity contribution in [2.45, 2.75) is 20.4 Å². The molecule has 0 fully saturated rings. The molecule has 2 rings (SSSR count). The fourth-order valence-corrected chi connectivity index (χ4v) is 1.61. The van der Waals surface area contributed by atoms with E-state index in [-0.39, 0.29) is 12.1 Å². The zero-order valence-corrected chi connectivity index (χ0v) is 9.78. The molecule has 16 heavy (non-hydrogen) atoms. The van der Waals surface area contributed by atoms with E-state index in [4.69, 9.17) is 16.0 Å². The first-order valence-electron chi connectivity index (χ1n) is 4.86. The second-order valence-electron chi connectivity index (χ2n) is 3.52. The highest BCUT2D eigenvalue weighted by Crippen LogP contribution is 2.11. The summed E-state index contributed by atoms with van der Waals surface area (Å²) in [6, 6.07) is 4.73. The molecule has 0 amide bonds. The van der Waals surface area contributed by atoms with Crippen molar-refractivity contribution in [2.24, 2.45) is 0 Å². The predicted molar refractivity (Wildman–Crippen MR) is 60.8 cm³/mol. The molecular weight excluding hydrogens is 228 g/mol. The van der Waals surface area contributed by atoms with Crippen molar-refractivity contribution in [2.75, 3.05) is 0 Å². The van der Waals surface area contributed by atoms with Crippen LogP contribution in [0.25, 0.3) is 0 Å². The van der Waals surface area contributed by atoms with Gasteiger partial charge in [0.2, 0.25) is 5.89 Å². The Labute approximate surface area is 97.5 Å². The van der Waals surface area contributed by atoms with E-state index in [1.165, 1.54) is 10.6 Å². The van der Waals surface area contributed by atoms with E-state index in [9.17, 15) is 4.79 Å². The van der Waals surface area contributed by atoms with Crippen molar-refractivity contribution >= 4 is 11.6 Å². The topological polar surface area (TPSA) is 48.0 Å². The maximum Gasteiger partial charge on any atom is 0.252 e. The van der Waals surface area contributed by atoms with Gasteiger partial charge in [-0.3, -0.25) is 9.36 Å². The van der Waals surface area contributed by atoms with Crippen LogP contribution in [0, 0.1) is 13.8 Å². The standard InChI is InChI=1S/C11H11ClN2O2/c1-7-8(2)16-10(13-7)6-14-9(12)4-3-5-11(14)15/h3-5H,6H2,1-2H3. The quantitative estimate of drug-likeness (QED) is 0.754. The molecule has 2 heterocycles. The van der Waals surface area contributed by atoms with Gasteiger partial charge in [0.15, 0.2) is 0 Å². The molecule has 4 nitrogen and oxygen atoms in total. The summed E-state index contributed by atoms with van der Waals surface area (Å²) < 4.78 is 6.81. The summed E-state index contributed by atoms with van der Waals surface area (Å²) in [4.78, 5) is 15.7. The number of aromatic nitrogens is 2. The molecule has 0 radical (unpaired) electrons. The lowest BCUT2D eigenvalue weighted by Gasteiger charge is -2.03. The average molecular weight is 239 g/mol. The summed E-state index contributed by atoms with van der Waals surface area (Å²) in [6.45, 7) is 3.95. The van der Waals surface area contributed by atoms with Crippen LogP contribution in [0.1, 0.15) is 17.3 Å². The second kappa shape index (κ2) is 4.14. The number of rotatable bonds is 2. The molecule has 2 aromatic rings. The number of hydrogen-bond donors (Lipinski definition) is 0. The minimum atomic E-state index is -0.166. The normalized spacial score (nSPS) is 10.7. The van der Waals surface area contributed by atoms with Crippen molar-refractivity contribution in [1.82, 2.24) is 9.55 Å². The van der Waals surface area contributed by atoms with Gasteiger partial charge in [-0.05, 0) is 19.9 Å². The van der Waals surface area contributed by atoms with E-state index in [2.05, 4.69) is 4.98 Å². The lowest BCUT2D eigenvalue weighted by atomic mass is 10.4. The van der Waals surface area contributed by atoms with Crippen molar-refractivity contribution in [1.29, 1.82) is 0 Å². The average Bonchev–Trinajstić information content (AvgIpc) is 2.53. The van der Waals surface area contributed by atoms with Crippen LogP contribution in [-0.4, -0.2) is 9.55 Å². The Hall–Kier alpha value is -1.55. The van der Waals surface area contributed by atoms with Gasteiger partial charge in [0, 0.05) is 6.07 Å². The Kier molecular flexibility index (Phi) is 2.83. The Morgan fingerprint density at radius 2 is 2.19 bits per heavy atom. The number of pyridine rings is 1. The maximum absolute atomic E-state index is 11.5. The Balaban J connectivity index is 2.37. The number of hydrogen-bond acceptors (Lipinski definition) is 3. The molecular formula is C11H11ClN2O2. The first kappa shape index (κ1) is 11.0. The number of aryl methyl sites for hydroxylation is 2. The van der Waals surface area contributed by atoms with Crippen molar-refractivity contribution in [3.05, 3.63) is 51.1 Å². The smallest absolute Gasteiger partial charge is 0.252 e. The zero-order valence-electron chi connectivity index (χ0n) is 9.03. The van der Waals surface area contributed by atoms with Crippen LogP contribution in [0.3, 0.4) is 0 Å². The van der Waals surface area contributed by atoms with Crippen LogP contribution < -0.4 is 5.56 Å². The Morgan fingerprint density at radius 1 is 1.44 bits per heavy atom. The maximum atomic E-state index is 11.5. The van der Waals surface area contributed by atoms with E-state index in [0.29, 0.717) is 11.0 Å². The molecule has 0 aliphatic carbocycles. The summed E-state index contributed by atoms with van der Waals surface area (Å²) >= 11 is 5.92. The molecule has 0 aromatic carbocycles. The second-order valence-corrected chi connectivity index (χ2v) is 3.91. The molecule has 0 N–H and O–H groups in total. The van der Waals surface area contributed by atoms with E-state index >= 15 is 0 Å². The summed E-state index contributed by atoms with van der Waals surface area (Å²) in [5, 5.41) is 0.376. The Morgan fingerprint density at radius 3 is 2.75 bits per heavy atom. The van der Waals surface area contributed by atoms with Gasteiger partial charge in [-0.15, -0.1) is 0 Å². The van der Waals surface area contributed by atoms with E-state index in [0.717, 1.165) is 11.5 Å². The molecule has 5 heteroatoms. The van der Waals surface area contributed by atoms with Crippen LogP contribution in [0.4, 0.5) is 0 Å². The minimum Gasteiger partial charge on any atom is -0.444 e. The highest BCUT2D eigenvalue weighted by Gasteiger charge is 2.08. The van der Waals surface area contributed by atoms with Gasteiger partial charge in [-0.1, -0.05) is 17.7 Å². The Bertz CT molecular complexity index is 552. The summed E-state index contributed by atoms with van der Waals surface area (Å²) in [5.74, 6) is 1.25. The molecule has 0 spiro atoms. The highest BCUT2D eigenvalue weighted by atomic mass is 35.5. The first-order chi connectivity index (χ1) is 7.58. The first-order valence-corrected chi connectivity index (χ1v) is 5.24. The van der Waals surface area contributed by atoms with Crippen molar-refractivity contribution < 1.29 is 4.42 Å². The van der Waals surface area contributed by atoms with Gasteiger partial charge in [0.05, 0.1) is 5.69 Å². The van der Waals surface area contributed by atoms with Crippen LogP contribution in [-0.2, 0) is 6.54 Å². The van der Waals surface area contributed by atoms with Crippen LogP contribution in [0.15, 0.2) is 27.4 Å². The summed E-state index contributed by atoms with van der Waals surface area (Å²) in [6.07, 6.45) is 0. The van der Waals surface area contributed by atoms with Gasteiger partial charge in [-0.2, -0.15) is 0 Å². The van der Waals surface area contributed by atoms with Crippen LogP contribution >= 0.6 is 11.6 Å².